The van der Waals surface area contributed by atoms with Crippen molar-refractivity contribution in [2.24, 2.45) is 0 Å². The molecule has 0 spiro atoms. The molecule has 0 aliphatic carbocycles. The Morgan fingerprint density at radius 1 is 0.939 bits per heavy atom. The number of hydrogen-bond acceptors (Lipinski definition) is 3. The van der Waals surface area contributed by atoms with Crippen molar-refractivity contribution >= 4 is 11.6 Å². The fourth-order valence-corrected chi connectivity index (χ4v) is 5.09. The maximum absolute atomic E-state index is 14.6. The van der Waals surface area contributed by atoms with Gasteiger partial charge in [-0.1, -0.05) is 25.3 Å². The summed E-state index contributed by atoms with van der Waals surface area (Å²) in [7, 11) is 0. The number of halogens is 2. The molecule has 1 amide bonds. The second-order valence-electron chi connectivity index (χ2n) is 9.22. The van der Waals surface area contributed by atoms with Crippen LogP contribution in [0.1, 0.15) is 57.4 Å². The third kappa shape index (κ3) is 5.98. The van der Waals surface area contributed by atoms with Crippen LogP contribution >= 0.6 is 0 Å². The van der Waals surface area contributed by atoms with E-state index in [1.165, 1.54) is 25.0 Å². The molecule has 0 N–H and O–H groups in total. The number of carbonyl (C=O) groups excluding carboxylic acids is 1. The van der Waals surface area contributed by atoms with Gasteiger partial charge >= 0.3 is 0 Å². The Balaban J connectivity index is 1.75. The molecule has 1 saturated heterocycles. The monoisotopic (exact) mass is 456 g/mol. The van der Waals surface area contributed by atoms with E-state index in [1.807, 2.05) is 23.1 Å². The number of nitrogens with zero attached hydrogens (tertiary/aromatic N) is 2. The van der Waals surface area contributed by atoms with E-state index in [0.717, 1.165) is 69.2 Å². The van der Waals surface area contributed by atoms with Gasteiger partial charge in [-0.15, -0.1) is 0 Å². The molecule has 178 valence electrons. The lowest BCUT2D eigenvalue weighted by molar-refractivity contribution is -0.116. The van der Waals surface area contributed by atoms with Crippen molar-refractivity contribution in [3.8, 4) is 11.1 Å². The summed E-state index contributed by atoms with van der Waals surface area (Å²) in [5.74, 6) is -1.14. The summed E-state index contributed by atoms with van der Waals surface area (Å²) >= 11 is 0. The number of benzene rings is 2. The SMILES string of the molecule is CC(=O)N1CCCCCCCN(C2CCOCC2)Cc2cc(-c3ccc(F)cc3F)ccc21. The van der Waals surface area contributed by atoms with Crippen LogP contribution < -0.4 is 4.90 Å². The van der Waals surface area contributed by atoms with E-state index in [9.17, 15) is 13.6 Å². The Kier molecular flexibility index (Phi) is 8.10. The summed E-state index contributed by atoms with van der Waals surface area (Å²) < 4.78 is 33.7. The topological polar surface area (TPSA) is 32.8 Å². The number of carbonyl (C=O) groups is 1. The average molecular weight is 457 g/mol. The fourth-order valence-electron chi connectivity index (χ4n) is 5.09. The van der Waals surface area contributed by atoms with Gasteiger partial charge in [-0.3, -0.25) is 9.69 Å². The molecule has 33 heavy (non-hydrogen) atoms. The molecule has 0 bridgehead atoms. The first-order chi connectivity index (χ1) is 16.0. The van der Waals surface area contributed by atoms with Gasteiger partial charge in [-0.25, -0.2) is 8.78 Å². The summed E-state index contributed by atoms with van der Waals surface area (Å²) in [4.78, 5) is 17.0. The van der Waals surface area contributed by atoms with Crippen LogP contribution in [0.3, 0.4) is 0 Å². The van der Waals surface area contributed by atoms with E-state index in [4.69, 9.17) is 4.74 Å². The van der Waals surface area contributed by atoms with Crippen molar-refractivity contribution in [1.82, 2.24) is 4.90 Å². The van der Waals surface area contributed by atoms with E-state index >= 15 is 0 Å². The Labute approximate surface area is 195 Å². The maximum Gasteiger partial charge on any atom is 0.223 e. The molecule has 2 aliphatic rings. The van der Waals surface area contributed by atoms with Crippen molar-refractivity contribution in [2.75, 3.05) is 31.2 Å². The zero-order valence-electron chi connectivity index (χ0n) is 19.5. The predicted molar refractivity (Wildman–Crippen MR) is 127 cm³/mol. The second kappa shape index (κ2) is 11.2. The number of fused-ring (bicyclic) bond motifs is 1. The predicted octanol–water partition coefficient (Wildman–Crippen LogP) is 5.93. The van der Waals surface area contributed by atoms with Crippen molar-refractivity contribution in [1.29, 1.82) is 0 Å². The van der Waals surface area contributed by atoms with E-state index in [0.29, 0.717) is 30.3 Å². The molecule has 2 aromatic carbocycles. The average Bonchev–Trinajstić information content (AvgIpc) is 2.80. The molecule has 0 aromatic heterocycles. The standard InChI is InChI=1S/C27H34F2N2O2/c1-20(32)31-14-6-4-2-3-5-13-30(24-11-15-33-16-12-24)19-22-17-21(7-10-27(22)31)25-9-8-23(28)18-26(25)29/h7-10,17-18,24H,2-6,11-16,19H2,1H3. The van der Waals surface area contributed by atoms with Gasteiger partial charge in [-0.2, -0.15) is 0 Å². The quantitative estimate of drug-likeness (QED) is 0.562. The number of anilines is 1. The van der Waals surface area contributed by atoms with E-state index in [-0.39, 0.29) is 5.91 Å². The lowest BCUT2D eigenvalue weighted by atomic mass is 9.98. The van der Waals surface area contributed by atoms with Crippen LogP contribution in [0.25, 0.3) is 11.1 Å². The molecule has 2 aliphatic heterocycles. The molecule has 4 nitrogen and oxygen atoms in total. The van der Waals surface area contributed by atoms with Crippen LogP contribution in [-0.2, 0) is 16.1 Å². The van der Waals surface area contributed by atoms with Crippen LogP contribution in [0.15, 0.2) is 36.4 Å². The molecule has 6 heteroatoms. The first-order valence-corrected chi connectivity index (χ1v) is 12.2. The highest BCUT2D eigenvalue weighted by molar-refractivity contribution is 5.92. The third-order valence-corrected chi connectivity index (χ3v) is 6.90. The van der Waals surface area contributed by atoms with E-state index in [2.05, 4.69) is 4.90 Å². The van der Waals surface area contributed by atoms with Crippen molar-refractivity contribution in [3.05, 3.63) is 53.6 Å². The number of amides is 1. The molecule has 0 atom stereocenters. The molecule has 0 radical (unpaired) electrons. The Morgan fingerprint density at radius 3 is 2.39 bits per heavy atom. The molecular formula is C27H34F2N2O2. The molecule has 0 unspecified atom stereocenters. The Hall–Kier alpha value is -2.31. The largest absolute Gasteiger partial charge is 0.381 e. The number of hydrogen-bond donors (Lipinski definition) is 0. The van der Waals surface area contributed by atoms with Gasteiger partial charge in [0.15, 0.2) is 0 Å². The van der Waals surface area contributed by atoms with Crippen LogP contribution in [0.2, 0.25) is 0 Å². The Bertz CT molecular complexity index is 959. The summed E-state index contributed by atoms with van der Waals surface area (Å²) in [6.45, 7) is 5.53. The first-order valence-electron chi connectivity index (χ1n) is 12.2. The minimum atomic E-state index is -0.587. The highest BCUT2D eigenvalue weighted by Gasteiger charge is 2.25. The minimum absolute atomic E-state index is 0.0200. The maximum atomic E-state index is 14.6. The minimum Gasteiger partial charge on any atom is -0.381 e. The van der Waals surface area contributed by atoms with Gasteiger partial charge in [-0.05, 0) is 67.6 Å². The van der Waals surface area contributed by atoms with Crippen LogP contribution in [0.4, 0.5) is 14.5 Å². The van der Waals surface area contributed by atoms with Crippen molar-refractivity contribution in [3.63, 3.8) is 0 Å². The summed E-state index contributed by atoms with van der Waals surface area (Å²) in [5.41, 5.74) is 2.98. The highest BCUT2D eigenvalue weighted by Crippen LogP contribution is 2.32. The van der Waals surface area contributed by atoms with Gasteiger partial charge in [0.25, 0.3) is 0 Å². The van der Waals surface area contributed by atoms with E-state index in [1.54, 1.807) is 6.92 Å². The number of rotatable bonds is 2. The lowest BCUT2D eigenvalue weighted by Gasteiger charge is -2.36. The van der Waals surface area contributed by atoms with Gasteiger partial charge in [0, 0.05) is 56.6 Å². The van der Waals surface area contributed by atoms with Crippen LogP contribution in [0, 0.1) is 11.6 Å². The molecule has 0 saturated carbocycles. The molecule has 4 rings (SSSR count). The zero-order chi connectivity index (χ0) is 23.2. The number of ether oxygens (including phenoxy) is 1. The Morgan fingerprint density at radius 2 is 1.67 bits per heavy atom. The first kappa shape index (κ1) is 23.8. The lowest BCUT2D eigenvalue weighted by Crippen LogP contribution is -2.40. The van der Waals surface area contributed by atoms with Gasteiger partial charge in [0.05, 0.1) is 0 Å². The van der Waals surface area contributed by atoms with Crippen LogP contribution in [-0.4, -0.2) is 43.2 Å². The van der Waals surface area contributed by atoms with Gasteiger partial charge < -0.3 is 9.64 Å². The van der Waals surface area contributed by atoms with Crippen LogP contribution in [0.5, 0.6) is 0 Å². The zero-order valence-corrected chi connectivity index (χ0v) is 19.5. The van der Waals surface area contributed by atoms with Gasteiger partial charge in [0.1, 0.15) is 11.6 Å². The van der Waals surface area contributed by atoms with E-state index < -0.39 is 11.6 Å². The summed E-state index contributed by atoms with van der Waals surface area (Å²) in [6, 6.07) is 9.89. The molecular weight excluding hydrogens is 422 g/mol. The van der Waals surface area contributed by atoms with Crippen molar-refractivity contribution < 1.29 is 18.3 Å². The molecule has 1 fully saturated rings. The summed E-state index contributed by atoms with van der Waals surface area (Å²) in [6.07, 6.45) is 7.59. The normalized spacial score (nSPS) is 19.4. The second-order valence-corrected chi connectivity index (χ2v) is 9.22. The fraction of sp³-hybridized carbons (Fsp3) is 0.519. The summed E-state index contributed by atoms with van der Waals surface area (Å²) in [5, 5.41) is 0. The molecule has 2 heterocycles. The smallest absolute Gasteiger partial charge is 0.223 e. The highest BCUT2D eigenvalue weighted by atomic mass is 19.1. The van der Waals surface area contributed by atoms with Crippen molar-refractivity contribution in [2.45, 2.75) is 64.5 Å². The third-order valence-electron chi connectivity index (χ3n) is 6.90. The molecule has 2 aromatic rings. The van der Waals surface area contributed by atoms with Gasteiger partial charge in [0.2, 0.25) is 5.91 Å².